The Labute approximate surface area is 159 Å². The maximum atomic E-state index is 6.31. The maximum Gasteiger partial charge on any atom is 0.148 e. The zero-order valence-electron chi connectivity index (χ0n) is 14.5. The van der Waals surface area contributed by atoms with Crippen LogP contribution in [-0.2, 0) is 4.74 Å². The third-order valence-corrected chi connectivity index (χ3v) is 5.54. The van der Waals surface area contributed by atoms with Crippen LogP contribution in [0.5, 0.6) is 0 Å². The molecule has 25 heavy (non-hydrogen) atoms. The number of rotatable bonds is 2. The van der Waals surface area contributed by atoms with Gasteiger partial charge < -0.3 is 10.1 Å². The summed E-state index contributed by atoms with van der Waals surface area (Å²) in [5, 5.41) is 8.99. The monoisotopic (exact) mass is 382 g/mol. The molecule has 2 fully saturated rings. The molecule has 3 atom stereocenters. The normalized spacial score (nSPS) is 26.0. The van der Waals surface area contributed by atoms with E-state index < -0.39 is 0 Å². The summed E-state index contributed by atoms with van der Waals surface area (Å²) in [6.45, 7) is 5.72. The Bertz CT molecular complexity index is 749. The molecule has 1 saturated carbocycles. The first-order valence-electron chi connectivity index (χ1n) is 8.67. The second kappa shape index (κ2) is 7.62. The Balaban J connectivity index is 0.00000182. The first-order chi connectivity index (χ1) is 11.6. The van der Waals surface area contributed by atoms with Crippen LogP contribution in [0.4, 0.5) is 0 Å². The summed E-state index contributed by atoms with van der Waals surface area (Å²) in [6.07, 6.45) is 3.55. The number of morpholine rings is 1. The van der Waals surface area contributed by atoms with E-state index in [1.807, 2.05) is 30.7 Å². The number of ether oxygens (including phenoxy) is 1. The van der Waals surface area contributed by atoms with Crippen LogP contribution in [0.1, 0.15) is 42.4 Å². The van der Waals surface area contributed by atoms with Crippen LogP contribution < -0.4 is 5.32 Å². The lowest BCUT2D eigenvalue weighted by Gasteiger charge is -2.39. The molecule has 2 heterocycles. The average molecular weight is 383 g/mol. The minimum absolute atomic E-state index is 0. The van der Waals surface area contributed by atoms with Crippen molar-refractivity contribution in [3.8, 4) is 5.69 Å². The van der Waals surface area contributed by atoms with Gasteiger partial charge >= 0.3 is 0 Å². The molecule has 0 bridgehead atoms. The van der Waals surface area contributed by atoms with Gasteiger partial charge in [-0.25, -0.2) is 9.67 Å². The quantitative estimate of drug-likeness (QED) is 0.861. The van der Waals surface area contributed by atoms with Crippen molar-refractivity contribution in [3.05, 3.63) is 40.4 Å². The molecule has 0 spiro atoms. The van der Waals surface area contributed by atoms with Gasteiger partial charge in [-0.05, 0) is 50.8 Å². The second-order valence-corrected chi connectivity index (χ2v) is 7.25. The predicted octanol–water partition coefficient (Wildman–Crippen LogP) is 3.58. The summed E-state index contributed by atoms with van der Waals surface area (Å²) in [7, 11) is 0. The van der Waals surface area contributed by atoms with Crippen molar-refractivity contribution in [2.24, 2.45) is 0 Å². The third kappa shape index (κ3) is 3.70. The molecule has 1 aliphatic carbocycles. The highest BCUT2D eigenvalue weighted by Gasteiger charge is 2.35. The second-order valence-electron chi connectivity index (χ2n) is 6.84. The molecule has 1 saturated heterocycles. The van der Waals surface area contributed by atoms with Crippen molar-refractivity contribution in [1.29, 1.82) is 0 Å². The van der Waals surface area contributed by atoms with Gasteiger partial charge in [-0.2, -0.15) is 5.10 Å². The van der Waals surface area contributed by atoms with E-state index in [0.29, 0.717) is 18.1 Å². The molecule has 0 unspecified atom stereocenters. The molecule has 1 aromatic carbocycles. The lowest BCUT2D eigenvalue weighted by Crippen LogP contribution is -2.51. The van der Waals surface area contributed by atoms with Gasteiger partial charge in [0, 0.05) is 23.5 Å². The first kappa shape index (κ1) is 18.6. The summed E-state index contributed by atoms with van der Waals surface area (Å²) in [6, 6.07) is 6.49. The summed E-state index contributed by atoms with van der Waals surface area (Å²) in [5.74, 6) is 2.23. The number of aromatic nitrogens is 3. The Kier molecular flexibility index (Phi) is 5.68. The molecule has 0 radical (unpaired) electrons. The molecule has 136 valence electrons. The number of nitrogens with one attached hydrogen (secondary N) is 1. The SMILES string of the molecule is Cc1nc([C@H]2CC[C@H]3OCCN[C@@H]3C2)n(-c2ccc(C)c(Cl)c2)n1.Cl. The fourth-order valence-electron chi connectivity index (χ4n) is 3.85. The van der Waals surface area contributed by atoms with E-state index >= 15 is 0 Å². The Morgan fingerprint density at radius 1 is 1.28 bits per heavy atom. The van der Waals surface area contributed by atoms with E-state index in [-0.39, 0.29) is 12.4 Å². The molecule has 1 N–H and O–H groups in total. The maximum absolute atomic E-state index is 6.31. The van der Waals surface area contributed by atoms with Gasteiger partial charge in [-0.3, -0.25) is 0 Å². The van der Waals surface area contributed by atoms with Crippen LogP contribution in [0.2, 0.25) is 5.02 Å². The van der Waals surface area contributed by atoms with Gasteiger partial charge in [0.2, 0.25) is 0 Å². The highest BCUT2D eigenvalue weighted by Crippen LogP contribution is 2.35. The fourth-order valence-corrected chi connectivity index (χ4v) is 4.02. The number of fused-ring (bicyclic) bond motifs is 1. The number of nitrogens with zero attached hydrogens (tertiary/aromatic N) is 3. The van der Waals surface area contributed by atoms with Crippen molar-refractivity contribution in [1.82, 2.24) is 20.1 Å². The van der Waals surface area contributed by atoms with E-state index in [9.17, 15) is 0 Å². The minimum atomic E-state index is 0. The molecule has 1 aliphatic heterocycles. The largest absolute Gasteiger partial charge is 0.375 e. The summed E-state index contributed by atoms with van der Waals surface area (Å²) < 4.78 is 7.86. The zero-order valence-corrected chi connectivity index (χ0v) is 16.1. The van der Waals surface area contributed by atoms with E-state index in [2.05, 4.69) is 16.5 Å². The van der Waals surface area contributed by atoms with Gasteiger partial charge in [0.15, 0.2) is 0 Å². The molecular formula is C18H24Cl2N4O. The van der Waals surface area contributed by atoms with Crippen LogP contribution in [-0.4, -0.2) is 40.1 Å². The van der Waals surface area contributed by atoms with Gasteiger partial charge in [0.05, 0.1) is 18.4 Å². The van der Waals surface area contributed by atoms with Crippen molar-refractivity contribution in [3.63, 3.8) is 0 Å². The fraction of sp³-hybridized carbons (Fsp3) is 0.556. The smallest absolute Gasteiger partial charge is 0.148 e. The molecule has 5 nitrogen and oxygen atoms in total. The van der Waals surface area contributed by atoms with E-state index in [1.165, 1.54) is 0 Å². The van der Waals surface area contributed by atoms with Crippen LogP contribution in [0.25, 0.3) is 5.69 Å². The van der Waals surface area contributed by atoms with E-state index in [1.54, 1.807) is 0 Å². The molecule has 4 rings (SSSR count). The number of benzene rings is 1. The molecular weight excluding hydrogens is 359 g/mol. The van der Waals surface area contributed by atoms with Crippen molar-refractivity contribution < 1.29 is 4.74 Å². The average Bonchev–Trinajstić information content (AvgIpc) is 2.99. The Morgan fingerprint density at radius 2 is 2.12 bits per heavy atom. The molecule has 0 amide bonds. The number of halogens is 2. The highest BCUT2D eigenvalue weighted by atomic mass is 35.5. The Hall–Kier alpha value is -1.14. The molecule has 2 aromatic rings. The van der Waals surface area contributed by atoms with Gasteiger partial charge in [0.25, 0.3) is 0 Å². The predicted molar refractivity (Wildman–Crippen MR) is 101 cm³/mol. The van der Waals surface area contributed by atoms with Crippen LogP contribution in [0.15, 0.2) is 18.2 Å². The molecule has 7 heteroatoms. The number of hydrogen-bond acceptors (Lipinski definition) is 4. The van der Waals surface area contributed by atoms with E-state index in [0.717, 1.165) is 60.3 Å². The van der Waals surface area contributed by atoms with Gasteiger partial charge in [-0.1, -0.05) is 17.7 Å². The van der Waals surface area contributed by atoms with Crippen LogP contribution in [0.3, 0.4) is 0 Å². The summed E-state index contributed by atoms with van der Waals surface area (Å²) in [4.78, 5) is 4.74. The van der Waals surface area contributed by atoms with Crippen LogP contribution >= 0.6 is 24.0 Å². The lowest BCUT2D eigenvalue weighted by atomic mass is 9.82. The lowest BCUT2D eigenvalue weighted by molar-refractivity contribution is -0.0280. The van der Waals surface area contributed by atoms with Crippen LogP contribution in [0, 0.1) is 13.8 Å². The number of aryl methyl sites for hydroxylation is 2. The van der Waals surface area contributed by atoms with Crippen molar-refractivity contribution in [2.75, 3.05) is 13.2 Å². The minimum Gasteiger partial charge on any atom is -0.375 e. The topological polar surface area (TPSA) is 52.0 Å². The standard InChI is InChI=1S/C18H23ClN4O.ClH/c1-11-3-5-14(10-15(11)19)23-18(21-12(2)22-23)13-4-6-17-16(9-13)20-7-8-24-17;/h3,5,10,13,16-17,20H,4,6-9H2,1-2H3;1H/t13-,16+,17+;/m0./s1. The summed E-state index contributed by atoms with van der Waals surface area (Å²) in [5.41, 5.74) is 2.05. The van der Waals surface area contributed by atoms with Crippen molar-refractivity contribution >= 4 is 24.0 Å². The highest BCUT2D eigenvalue weighted by molar-refractivity contribution is 6.31. The van der Waals surface area contributed by atoms with Crippen molar-refractivity contribution in [2.45, 2.75) is 51.2 Å². The third-order valence-electron chi connectivity index (χ3n) is 5.13. The Morgan fingerprint density at radius 3 is 2.92 bits per heavy atom. The summed E-state index contributed by atoms with van der Waals surface area (Å²) >= 11 is 6.31. The van der Waals surface area contributed by atoms with Gasteiger partial charge in [0.1, 0.15) is 11.6 Å². The molecule has 1 aromatic heterocycles. The number of hydrogen-bond donors (Lipinski definition) is 1. The first-order valence-corrected chi connectivity index (χ1v) is 9.04. The van der Waals surface area contributed by atoms with E-state index in [4.69, 9.17) is 21.3 Å². The molecule has 2 aliphatic rings. The zero-order chi connectivity index (χ0) is 16.7. The van der Waals surface area contributed by atoms with Gasteiger partial charge in [-0.15, -0.1) is 12.4 Å².